The summed E-state index contributed by atoms with van der Waals surface area (Å²) in [6, 6.07) is 19.8. The number of thioether (sulfide) groups is 1. The van der Waals surface area contributed by atoms with E-state index in [0.717, 1.165) is 23.4 Å². The van der Waals surface area contributed by atoms with E-state index in [0.29, 0.717) is 23.1 Å². The van der Waals surface area contributed by atoms with Gasteiger partial charge in [-0.3, -0.25) is 9.36 Å². The first kappa shape index (κ1) is 20.6. The Morgan fingerprint density at radius 2 is 1.71 bits per heavy atom. The predicted octanol–water partition coefficient (Wildman–Crippen LogP) is 4.52. The van der Waals surface area contributed by atoms with Crippen molar-refractivity contribution in [1.29, 1.82) is 0 Å². The molecule has 0 radical (unpaired) electrons. The minimum atomic E-state index is -0.411. The van der Waals surface area contributed by atoms with Crippen LogP contribution in [0, 0.1) is 5.82 Å². The topological polar surface area (TPSA) is 88.2 Å². The fourth-order valence-electron chi connectivity index (χ4n) is 3.11. The van der Waals surface area contributed by atoms with Crippen LogP contribution in [0.15, 0.2) is 78.0 Å². The summed E-state index contributed by atoms with van der Waals surface area (Å²) in [5.41, 5.74) is 1.40. The highest BCUT2D eigenvalue weighted by atomic mass is 32.2. The van der Waals surface area contributed by atoms with E-state index in [1.54, 1.807) is 22.8 Å². The van der Waals surface area contributed by atoms with Gasteiger partial charge in [-0.15, -0.1) is 10.2 Å². The van der Waals surface area contributed by atoms with Gasteiger partial charge >= 0.3 is 0 Å². The Kier molecular flexibility index (Phi) is 5.99. The summed E-state index contributed by atoms with van der Waals surface area (Å²) >= 11 is 1.15. The van der Waals surface area contributed by atoms with Crippen LogP contribution in [-0.4, -0.2) is 36.5 Å². The molecular weight excluding hydrogens is 417 g/mol. The number of nitrogens with zero attached hydrogens (tertiary/aromatic N) is 3. The molecule has 0 spiro atoms. The number of hydrogen-bond donors (Lipinski definition) is 2. The van der Waals surface area contributed by atoms with Gasteiger partial charge in [0.15, 0.2) is 16.8 Å². The first-order chi connectivity index (χ1) is 15.0. The normalized spacial score (nSPS) is 10.9. The van der Waals surface area contributed by atoms with E-state index in [2.05, 4.69) is 10.2 Å². The lowest BCUT2D eigenvalue weighted by atomic mass is 10.1. The Bertz CT molecular complexity index is 1230. The third kappa shape index (κ3) is 4.59. The van der Waals surface area contributed by atoms with Crippen LogP contribution < -0.4 is 0 Å². The lowest BCUT2D eigenvalue weighted by molar-refractivity contribution is 0.102. The fourth-order valence-corrected chi connectivity index (χ4v) is 3.93. The van der Waals surface area contributed by atoms with E-state index in [1.165, 1.54) is 18.2 Å². The van der Waals surface area contributed by atoms with E-state index in [1.807, 2.05) is 30.3 Å². The van der Waals surface area contributed by atoms with Crippen molar-refractivity contribution in [2.75, 3.05) is 5.75 Å². The Balaban J connectivity index is 1.64. The van der Waals surface area contributed by atoms with Crippen LogP contribution in [-0.2, 0) is 6.54 Å². The third-order valence-corrected chi connectivity index (χ3v) is 5.60. The molecule has 0 aliphatic carbocycles. The average Bonchev–Trinajstić information content (AvgIpc) is 3.15. The number of hydrogen-bond acceptors (Lipinski definition) is 6. The molecule has 4 rings (SSSR count). The molecule has 3 aromatic carbocycles. The van der Waals surface area contributed by atoms with Crippen molar-refractivity contribution < 1.29 is 19.4 Å². The lowest BCUT2D eigenvalue weighted by Crippen LogP contribution is -2.07. The number of aromatic hydroxyl groups is 2. The Morgan fingerprint density at radius 1 is 0.968 bits per heavy atom. The smallest absolute Gasteiger partial charge is 0.192 e. The van der Waals surface area contributed by atoms with Crippen molar-refractivity contribution >= 4 is 17.5 Å². The van der Waals surface area contributed by atoms with Gasteiger partial charge in [0.05, 0.1) is 23.4 Å². The van der Waals surface area contributed by atoms with Crippen LogP contribution in [0.2, 0.25) is 0 Å². The third-order valence-electron chi connectivity index (χ3n) is 4.63. The van der Waals surface area contributed by atoms with E-state index in [4.69, 9.17) is 0 Å². The summed E-state index contributed by atoms with van der Waals surface area (Å²) in [5.74, 6) is -0.801. The van der Waals surface area contributed by atoms with E-state index >= 15 is 0 Å². The van der Waals surface area contributed by atoms with Gasteiger partial charge in [0, 0.05) is 6.07 Å². The quantitative estimate of drug-likeness (QED) is 0.328. The molecule has 0 atom stereocenters. The monoisotopic (exact) mass is 435 g/mol. The summed E-state index contributed by atoms with van der Waals surface area (Å²) < 4.78 is 16.2. The lowest BCUT2D eigenvalue weighted by Gasteiger charge is -2.11. The molecule has 0 saturated carbocycles. The maximum Gasteiger partial charge on any atom is 0.192 e. The summed E-state index contributed by atoms with van der Waals surface area (Å²) in [7, 11) is 0. The second kappa shape index (κ2) is 9.01. The van der Waals surface area contributed by atoms with Crippen molar-refractivity contribution in [3.63, 3.8) is 0 Å². The molecule has 31 heavy (non-hydrogen) atoms. The Morgan fingerprint density at radius 3 is 2.45 bits per heavy atom. The zero-order chi connectivity index (χ0) is 21.8. The molecule has 6 nitrogen and oxygen atoms in total. The van der Waals surface area contributed by atoms with Crippen LogP contribution >= 0.6 is 11.8 Å². The minimum Gasteiger partial charge on any atom is -0.508 e. The molecule has 156 valence electrons. The second-order valence-electron chi connectivity index (χ2n) is 6.77. The number of rotatable bonds is 7. The van der Waals surface area contributed by atoms with Crippen LogP contribution in [0.4, 0.5) is 4.39 Å². The highest BCUT2D eigenvalue weighted by Crippen LogP contribution is 2.29. The van der Waals surface area contributed by atoms with Crippen LogP contribution in [0.1, 0.15) is 15.9 Å². The number of aromatic nitrogens is 3. The molecule has 8 heteroatoms. The van der Waals surface area contributed by atoms with Gasteiger partial charge < -0.3 is 10.2 Å². The number of halogens is 1. The molecule has 0 unspecified atom stereocenters. The highest BCUT2D eigenvalue weighted by Gasteiger charge is 2.19. The maximum absolute atomic E-state index is 14.4. The Hall–Kier alpha value is -3.65. The van der Waals surface area contributed by atoms with Crippen molar-refractivity contribution in [3.05, 3.63) is 89.7 Å². The van der Waals surface area contributed by atoms with E-state index in [-0.39, 0.29) is 28.6 Å². The number of carbonyl (C=O) groups is 1. The predicted molar refractivity (Wildman–Crippen MR) is 116 cm³/mol. The van der Waals surface area contributed by atoms with Gasteiger partial charge in [-0.1, -0.05) is 54.2 Å². The molecule has 4 aromatic rings. The fraction of sp³-hybridized carbons (Fsp3) is 0.0870. The number of phenolic OH excluding ortho intramolecular Hbond substituents is 2. The molecule has 0 aliphatic rings. The Labute approximate surface area is 182 Å². The summed E-state index contributed by atoms with van der Waals surface area (Å²) in [6.45, 7) is 0.401. The zero-order valence-corrected chi connectivity index (χ0v) is 17.1. The number of phenols is 2. The maximum atomic E-state index is 14.4. The van der Waals surface area contributed by atoms with Gasteiger partial charge in [0.2, 0.25) is 0 Å². The summed E-state index contributed by atoms with van der Waals surface area (Å²) in [6.07, 6.45) is 0. The molecule has 0 saturated heterocycles. The molecule has 1 aromatic heterocycles. The number of Topliss-reactive ketones (excluding diaryl/α,β-unsaturated/α-hetero) is 1. The van der Waals surface area contributed by atoms with E-state index < -0.39 is 5.82 Å². The van der Waals surface area contributed by atoms with Crippen LogP contribution in [0.3, 0.4) is 0 Å². The van der Waals surface area contributed by atoms with Crippen LogP contribution in [0.25, 0.3) is 11.4 Å². The standard InChI is InChI=1S/C23H18FN3O3S/c24-19-9-5-4-8-17(19)22-25-26-23(27(22)13-15-6-2-1-3-7-15)31-14-21(30)18-11-10-16(28)12-20(18)29/h1-12,28-29H,13-14H2. The summed E-state index contributed by atoms with van der Waals surface area (Å²) in [4.78, 5) is 12.6. The van der Waals surface area contributed by atoms with Gasteiger partial charge in [0.1, 0.15) is 17.3 Å². The van der Waals surface area contributed by atoms with Gasteiger partial charge in [-0.25, -0.2) is 4.39 Å². The SMILES string of the molecule is O=C(CSc1nnc(-c2ccccc2F)n1Cc1ccccc1)c1ccc(O)cc1O. The molecule has 1 heterocycles. The largest absolute Gasteiger partial charge is 0.508 e. The van der Waals surface area contributed by atoms with Crippen molar-refractivity contribution in [2.24, 2.45) is 0 Å². The molecule has 0 aliphatic heterocycles. The minimum absolute atomic E-state index is 0.0114. The zero-order valence-electron chi connectivity index (χ0n) is 16.3. The van der Waals surface area contributed by atoms with Crippen molar-refractivity contribution in [1.82, 2.24) is 14.8 Å². The first-order valence-corrected chi connectivity index (χ1v) is 10.4. The average molecular weight is 435 g/mol. The molecule has 0 fully saturated rings. The molecule has 2 N–H and O–H groups in total. The van der Waals surface area contributed by atoms with Gasteiger partial charge in [0.25, 0.3) is 0 Å². The van der Waals surface area contributed by atoms with Crippen molar-refractivity contribution in [3.8, 4) is 22.9 Å². The van der Waals surface area contributed by atoms with Crippen LogP contribution in [0.5, 0.6) is 11.5 Å². The second-order valence-corrected chi connectivity index (χ2v) is 7.71. The number of ketones is 1. The molecule has 0 bridgehead atoms. The van der Waals surface area contributed by atoms with Gasteiger partial charge in [-0.2, -0.15) is 0 Å². The number of carbonyl (C=O) groups excluding carboxylic acids is 1. The summed E-state index contributed by atoms with van der Waals surface area (Å²) in [5, 5.41) is 28.2. The molecular formula is C23H18FN3O3S. The number of benzene rings is 3. The first-order valence-electron chi connectivity index (χ1n) is 9.43. The van der Waals surface area contributed by atoms with Crippen molar-refractivity contribution in [2.45, 2.75) is 11.7 Å². The van der Waals surface area contributed by atoms with E-state index in [9.17, 15) is 19.4 Å². The highest BCUT2D eigenvalue weighted by molar-refractivity contribution is 7.99. The molecule has 0 amide bonds. The van der Waals surface area contributed by atoms with Gasteiger partial charge in [-0.05, 0) is 29.8 Å².